The van der Waals surface area contributed by atoms with Crippen molar-refractivity contribution in [1.29, 1.82) is 0 Å². The molecule has 82 valence electrons. The highest BCUT2D eigenvalue weighted by Crippen LogP contribution is 2.19. The number of piperidine rings is 1. The van der Waals surface area contributed by atoms with E-state index in [4.69, 9.17) is 4.74 Å². The van der Waals surface area contributed by atoms with Gasteiger partial charge < -0.3 is 15.4 Å². The molecule has 0 aliphatic carbocycles. The minimum absolute atomic E-state index is 0.0392. The summed E-state index contributed by atoms with van der Waals surface area (Å²) in [4.78, 5) is 11.0. The lowest BCUT2D eigenvalue weighted by Crippen LogP contribution is -2.45. The first kappa shape index (κ1) is 11.5. The molecule has 1 aliphatic rings. The number of hydrogen-bond donors (Lipinski definition) is 2. The molecule has 1 amide bonds. The highest BCUT2D eigenvalue weighted by atomic mass is 16.5. The van der Waals surface area contributed by atoms with E-state index in [0.717, 1.165) is 25.9 Å². The second-order valence-electron chi connectivity index (χ2n) is 4.00. The Labute approximate surface area is 85.4 Å². The van der Waals surface area contributed by atoms with Crippen molar-refractivity contribution in [1.82, 2.24) is 10.6 Å². The van der Waals surface area contributed by atoms with E-state index in [1.165, 1.54) is 0 Å². The first-order valence-corrected chi connectivity index (χ1v) is 5.21. The molecule has 1 saturated heterocycles. The Bertz CT molecular complexity index is 189. The zero-order chi connectivity index (χ0) is 10.4. The van der Waals surface area contributed by atoms with Crippen LogP contribution in [0.2, 0.25) is 0 Å². The van der Waals surface area contributed by atoms with Gasteiger partial charge in [-0.2, -0.15) is 0 Å². The number of carbonyl (C=O) groups excluding carboxylic acids is 1. The SMILES string of the molecule is CNC(=O)CCOC1(C)CCCNC1. The summed E-state index contributed by atoms with van der Waals surface area (Å²) in [6, 6.07) is 0. The van der Waals surface area contributed by atoms with Gasteiger partial charge in [-0.25, -0.2) is 0 Å². The highest BCUT2D eigenvalue weighted by Gasteiger charge is 2.27. The van der Waals surface area contributed by atoms with Crippen molar-refractivity contribution in [2.45, 2.75) is 31.8 Å². The van der Waals surface area contributed by atoms with Crippen LogP contribution < -0.4 is 10.6 Å². The monoisotopic (exact) mass is 200 g/mol. The predicted molar refractivity (Wildman–Crippen MR) is 55.1 cm³/mol. The van der Waals surface area contributed by atoms with Gasteiger partial charge in [0.05, 0.1) is 12.2 Å². The third-order valence-electron chi connectivity index (χ3n) is 2.62. The maximum atomic E-state index is 11.0. The maximum Gasteiger partial charge on any atom is 0.222 e. The highest BCUT2D eigenvalue weighted by molar-refractivity contribution is 5.75. The van der Waals surface area contributed by atoms with Crippen LogP contribution in [-0.4, -0.2) is 38.3 Å². The quantitative estimate of drug-likeness (QED) is 0.685. The predicted octanol–water partition coefficient (Wildman–Crippen LogP) is 0.281. The standard InChI is InChI=1S/C10H20N2O2/c1-10(5-3-6-12-8-10)14-7-4-9(13)11-2/h12H,3-8H2,1-2H3,(H,11,13). The van der Waals surface area contributed by atoms with Gasteiger partial charge in [0.2, 0.25) is 5.91 Å². The van der Waals surface area contributed by atoms with Gasteiger partial charge >= 0.3 is 0 Å². The molecule has 0 aromatic rings. The van der Waals surface area contributed by atoms with Crippen molar-refractivity contribution >= 4 is 5.91 Å². The summed E-state index contributed by atoms with van der Waals surface area (Å²) >= 11 is 0. The Balaban J connectivity index is 2.18. The molecule has 0 bridgehead atoms. The average molecular weight is 200 g/mol. The smallest absolute Gasteiger partial charge is 0.222 e. The zero-order valence-corrected chi connectivity index (χ0v) is 9.06. The first-order chi connectivity index (χ1) is 6.66. The van der Waals surface area contributed by atoms with Crippen molar-refractivity contribution in [3.63, 3.8) is 0 Å². The molecule has 0 aromatic heterocycles. The summed E-state index contributed by atoms with van der Waals surface area (Å²) in [5, 5.41) is 5.88. The summed E-state index contributed by atoms with van der Waals surface area (Å²) in [5.41, 5.74) is -0.0771. The van der Waals surface area contributed by atoms with Crippen LogP contribution in [-0.2, 0) is 9.53 Å². The topological polar surface area (TPSA) is 50.4 Å². The lowest BCUT2D eigenvalue weighted by molar-refractivity contribution is -0.123. The molecule has 4 heteroatoms. The van der Waals surface area contributed by atoms with Crippen LogP contribution in [0.5, 0.6) is 0 Å². The van der Waals surface area contributed by atoms with Gasteiger partial charge in [-0.05, 0) is 26.3 Å². The van der Waals surface area contributed by atoms with Crippen LogP contribution >= 0.6 is 0 Å². The van der Waals surface area contributed by atoms with E-state index in [-0.39, 0.29) is 11.5 Å². The largest absolute Gasteiger partial charge is 0.373 e. The molecule has 0 spiro atoms. The summed E-state index contributed by atoms with van der Waals surface area (Å²) in [5.74, 6) is 0.0392. The van der Waals surface area contributed by atoms with Crippen molar-refractivity contribution in [2.75, 3.05) is 26.7 Å². The summed E-state index contributed by atoms with van der Waals surface area (Å²) in [7, 11) is 1.65. The third-order valence-corrected chi connectivity index (χ3v) is 2.62. The molecule has 0 saturated carbocycles. The fraction of sp³-hybridized carbons (Fsp3) is 0.900. The Morgan fingerprint density at radius 1 is 1.64 bits per heavy atom. The maximum absolute atomic E-state index is 11.0. The molecule has 0 aromatic carbocycles. The second kappa shape index (κ2) is 5.32. The molecule has 0 radical (unpaired) electrons. The van der Waals surface area contributed by atoms with Crippen molar-refractivity contribution in [3.8, 4) is 0 Å². The molecular formula is C10H20N2O2. The molecule has 2 N–H and O–H groups in total. The van der Waals surface area contributed by atoms with E-state index in [2.05, 4.69) is 17.6 Å². The fourth-order valence-corrected chi connectivity index (χ4v) is 1.67. The molecular weight excluding hydrogens is 180 g/mol. The van der Waals surface area contributed by atoms with Gasteiger partial charge in [0, 0.05) is 20.0 Å². The molecule has 4 nitrogen and oxygen atoms in total. The minimum atomic E-state index is -0.0771. The van der Waals surface area contributed by atoms with Crippen LogP contribution in [0.15, 0.2) is 0 Å². The van der Waals surface area contributed by atoms with Gasteiger partial charge in [0.15, 0.2) is 0 Å². The van der Waals surface area contributed by atoms with Crippen LogP contribution in [0.25, 0.3) is 0 Å². The lowest BCUT2D eigenvalue weighted by Gasteiger charge is -2.34. The molecule has 14 heavy (non-hydrogen) atoms. The van der Waals surface area contributed by atoms with Gasteiger partial charge in [-0.3, -0.25) is 4.79 Å². The Kier molecular flexibility index (Phi) is 4.35. The van der Waals surface area contributed by atoms with E-state index in [1.54, 1.807) is 7.05 Å². The molecule has 1 aliphatic heterocycles. The molecule has 1 fully saturated rings. The van der Waals surface area contributed by atoms with E-state index in [0.29, 0.717) is 13.0 Å². The van der Waals surface area contributed by atoms with Crippen LogP contribution in [0.4, 0.5) is 0 Å². The number of hydrogen-bond acceptors (Lipinski definition) is 3. The normalized spacial score (nSPS) is 27.3. The second-order valence-corrected chi connectivity index (χ2v) is 4.00. The number of amides is 1. The first-order valence-electron chi connectivity index (χ1n) is 5.21. The summed E-state index contributed by atoms with van der Waals surface area (Å²) < 4.78 is 5.72. The Morgan fingerprint density at radius 3 is 3.00 bits per heavy atom. The Morgan fingerprint density at radius 2 is 2.43 bits per heavy atom. The van der Waals surface area contributed by atoms with Crippen molar-refractivity contribution in [2.24, 2.45) is 0 Å². The fourth-order valence-electron chi connectivity index (χ4n) is 1.67. The van der Waals surface area contributed by atoms with Crippen LogP contribution in [0, 0.1) is 0 Å². The Hall–Kier alpha value is -0.610. The number of ether oxygens (including phenoxy) is 1. The number of nitrogens with one attached hydrogen (secondary N) is 2. The van der Waals surface area contributed by atoms with Gasteiger partial charge in [-0.1, -0.05) is 0 Å². The van der Waals surface area contributed by atoms with Crippen LogP contribution in [0.3, 0.4) is 0 Å². The summed E-state index contributed by atoms with van der Waals surface area (Å²) in [6.45, 7) is 4.58. The molecule has 1 unspecified atom stereocenters. The van der Waals surface area contributed by atoms with E-state index >= 15 is 0 Å². The minimum Gasteiger partial charge on any atom is -0.373 e. The van der Waals surface area contributed by atoms with E-state index in [1.807, 2.05) is 0 Å². The van der Waals surface area contributed by atoms with Crippen molar-refractivity contribution in [3.05, 3.63) is 0 Å². The van der Waals surface area contributed by atoms with E-state index < -0.39 is 0 Å². The number of rotatable bonds is 4. The lowest BCUT2D eigenvalue weighted by atomic mass is 9.96. The molecule has 1 atom stereocenters. The zero-order valence-electron chi connectivity index (χ0n) is 9.06. The molecule has 1 rings (SSSR count). The van der Waals surface area contributed by atoms with Gasteiger partial charge in [-0.15, -0.1) is 0 Å². The van der Waals surface area contributed by atoms with E-state index in [9.17, 15) is 4.79 Å². The van der Waals surface area contributed by atoms with Crippen molar-refractivity contribution < 1.29 is 9.53 Å². The van der Waals surface area contributed by atoms with Crippen LogP contribution in [0.1, 0.15) is 26.2 Å². The van der Waals surface area contributed by atoms with Gasteiger partial charge in [0.25, 0.3) is 0 Å². The number of carbonyl (C=O) groups is 1. The third kappa shape index (κ3) is 3.64. The summed E-state index contributed by atoms with van der Waals surface area (Å²) in [6.07, 6.45) is 2.68. The molecule has 1 heterocycles. The van der Waals surface area contributed by atoms with Gasteiger partial charge in [0.1, 0.15) is 0 Å². The average Bonchev–Trinajstić information content (AvgIpc) is 2.18.